The summed E-state index contributed by atoms with van der Waals surface area (Å²) >= 11 is 0. The lowest BCUT2D eigenvalue weighted by Crippen LogP contribution is -2.05. The molecule has 0 atom stereocenters. The number of aromatic hydroxyl groups is 1. The van der Waals surface area contributed by atoms with Crippen LogP contribution in [-0.4, -0.2) is 5.11 Å². The van der Waals surface area contributed by atoms with Gasteiger partial charge in [-0.3, -0.25) is 0 Å². The minimum absolute atomic E-state index is 0.257. The quantitative estimate of drug-likeness (QED) is 0.706. The van der Waals surface area contributed by atoms with Crippen molar-refractivity contribution >= 4 is 11.0 Å². The average Bonchev–Trinajstić information content (AvgIpc) is 2.18. The molecular weight excluding hydrogens is 187 g/mol. The number of hydrogen-bond acceptors (Lipinski definition) is 3. The Morgan fingerprint density at radius 3 is 2.79 bits per heavy atom. The summed E-state index contributed by atoms with van der Waals surface area (Å²) in [4.78, 5) is 11.1. The molecule has 72 valence electrons. The van der Waals surface area contributed by atoms with E-state index in [1.807, 2.05) is 0 Å². The van der Waals surface area contributed by atoms with Crippen molar-refractivity contribution in [2.75, 3.05) is 0 Å². The van der Waals surface area contributed by atoms with E-state index in [9.17, 15) is 14.3 Å². The minimum atomic E-state index is -1.03. The van der Waals surface area contributed by atoms with Crippen molar-refractivity contribution in [2.24, 2.45) is 0 Å². The van der Waals surface area contributed by atoms with Crippen LogP contribution in [-0.2, 0) is 6.67 Å². The van der Waals surface area contributed by atoms with Gasteiger partial charge in [-0.2, -0.15) is 0 Å². The van der Waals surface area contributed by atoms with Crippen LogP contribution in [0.1, 0.15) is 5.56 Å². The number of fused-ring (bicyclic) bond motifs is 1. The molecule has 4 heteroatoms. The summed E-state index contributed by atoms with van der Waals surface area (Å²) in [6.07, 6.45) is 0. The van der Waals surface area contributed by atoms with E-state index in [-0.39, 0.29) is 16.9 Å². The number of hydrogen-bond donors (Lipinski definition) is 1. The predicted molar refractivity (Wildman–Crippen MR) is 49.0 cm³/mol. The van der Waals surface area contributed by atoms with Crippen molar-refractivity contribution in [1.29, 1.82) is 0 Å². The van der Waals surface area contributed by atoms with Crippen LogP contribution in [0.25, 0.3) is 11.0 Å². The standard InChI is InChI=1S/C10H7FO3/c11-5-7-9(12)6-3-1-2-4-8(6)14-10(7)13/h1-4,12H,5H2. The van der Waals surface area contributed by atoms with Gasteiger partial charge in [-0.25, -0.2) is 9.18 Å². The van der Waals surface area contributed by atoms with E-state index in [0.29, 0.717) is 5.39 Å². The molecule has 0 saturated carbocycles. The third kappa shape index (κ3) is 1.16. The van der Waals surface area contributed by atoms with Crippen LogP contribution >= 0.6 is 0 Å². The Hall–Kier alpha value is -1.84. The van der Waals surface area contributed by atoms with Crippen molar-refractivity contribution in [3.63, 3.8) is 0 Å². The molecule has 0 amide bonds. The maximum absolute atomic E-state index is 12.4. The van der Waals surface area contributed by atoms with Gasteiger partial charge in [0, 0.05) is 0 Å². The first-order valence-electron chi connectivity index (χ1n) is 4.03. The zero-order valence-electron chi connectivity index (χ0n) is 7.16. The summed E-state index contributed by atoms with van der Waals surface area (Å²) in [7, 11) is 0. The van der Waals surface area contributed by atoms with E-state index in [0.717, 1.165) is 0 Å². The van der Waals surface area contributed by atoms with Crippen molar-refractivity contribution in [2.45, 2.75) is 6.67 Å². The Kier molecular flexibility index (Phi) is 1.96. The van der Waals surface area contributed by atoms with Crippen LogP contribution in [0.5, 0.6) is 5.75 Å². The SMILES string of the molecule is O=c1oc2ccccc2c(O)c1CF. The fourth-order valence-corrected chi connectivity index (χ4v) is 1.29. The molecule has 0 fully saturated rings. The summed E-state index contributed by atoms with van der Waals surface area (Å²) < 4.78 is 17.2. The molecule has 1 N–H and O–H groups in total. The van der Waals surface area contributed by atoms with Gasteiger partial charge in [0.15, 0.2) is 0 Å². The first kappa shape index (κ1) is 8.74. The fraction of sp³-hybridized carbons (Fsp3) is 0.100. The Morgan fingerprint density at radius 2 is 2.07 bits per heavy atom. The summed E-state index contributed by atoms with van der Waals surface area (Å²) in [5.41, 5.74) is -0.903. The van der Waals surface area contributed by atoms with E-state index >= 15 is 0 Å². The Morgan fingerprint density at radius 1 is 1.36 bits per heavy atom. The molecule has 0 radical (unpaired) electrons. The summed E-state index contributed by atoms with van der Waals surface area (Å²) in [6.45, 7) is -1.03. The lowest BCUT2D eigenvalue weighted by atomic mass is 10.1. The molecule has 0 aliphatic heterocycles. The average molecular weight is 194 g/mol. The fourth-order valence-electron chi connectivity index (χ4n) is 1.29. The van der Waals surface area contributed by atoms with Gasteiger partial charge in [-0.15, -0.1) is 0 Å². The highest BCUT2D eigenvalue weighted by Crippen LogP contribution is 2.25. The van der Waals surface area contributed by atoms with E-state index in [1.165, 1.54) is 0 Å². The second-order valence-corrected chi connectivity index (χ2v) is 2.85. The maximum Gasteiger partial charge on any atom is 0.345 e. The molecule has 0 aliphatic carbocycles. The lowest BCUT2D eigenvalue weighted by Gasteiger charge is -2.01. The van der Waals surface area contributed by atoms with E-state index in [2.05, 4.69) is 0 Å². The van der Waals surface area contributed by atoms with Crippen LogP contribution < -0.4 is 5.63 Å². The van der Waals surface area contributed by atoms with Gasteiger partial charge in [0.1, 0.15) is 23.6 Å². The largest absolute Gasteiger partial charge is 0.507 e. The van der Waals surface area contributed by atoms with Gasteiger partial charge in [-0.05, 0) is 12.1 Å². The molecule has 0 bridgehead atoms. The predicted octanol–water partition coefficient (Wildman–Crippen LogP) is 1.97. The maximum atomic E-state index is 12.4. The van der Waals surface area contributed by atoms with Gasteiger partial charge in [0.2, 0.25) is 0 Å². The molecule has 2 rings (SSSR count). The number of para-hydroxylation sites is 1. The first-order valence-corrected chi connectivity index (χ1v) is 4.03. The highest BCUT2D eigenvalue weighted by Gasteiger charge is 2.12. The molecule has 0 spiro atoms. The summed E-state index contributed by atoms with van der Waals surface area (Å²) in [6, 6.07) is 6.44. The van der Waals surface area contributed by atoms with Gasteiger partial charge < -0.3 is 9.52 Å². The van der Waals surface area contributed by atoms with Crippen molar-refractivity contribution in [3.8, 4) is 5.75 Å². The number of benzene rings is 1. The van der Waals surface area contributed by atoms with E-state index in [1.54, 1.807) is 24.3 Å². The van der Waals surface area contributed by atoms with Gasteiger partial charge in [0.05, 0.1) is 5.39 Å². The normalized spacial score (nSPS) is 10.6. The molecule has 1 aromatic carbocycles. The molecule has 2 aromatic rings. The van der Waals surface area contributed by atoms with Crippen molar-refractivity contribution in [1.82, 2.24) is 0 Å². The molecule has 14 heavy (non-hydrogen) atoms. The summed E-state index contributed by atoms with van der Waals surface area (Å²) in [5, 5.41) is 9.88. The molecule has 0 saturated heterocycles. The number of alkyl halides is 1. The van der Waals surface area contributed by atoms with Crippen molar-refractivity contribution in [3.05, 3.63) is 40.2 Å². The topological polar surface area (TPSA) is 50.4 Å². The van der Waals surface area contributed by atoms with Crippen LogP contribution in [0.3, 0.4) is 0 Å². The lowest BCUT2D eigenvalue weighted by molar-refractivity contribution is 0.414. The molecular formula is C10H7FO3. The van der Waals surface area contributed by atoms with Crippen LogP contribution in [0, 0.1) is 0 Å². The molecule has 1 aromatic heterocycles. The van der Waals surface area contributed by atoms with Gasteiger partial charge in [-0.1, -0.05) is 12.1 Å². The Bertz CT molecular complexity index is 530. The molecule has 3 nitrogen and oxygen atoms in total. The Balaban J connectivity index is 2.93. The zero-order valence-corrected chi connectivity index (χ0v) is 7.16. The van der Waals surface area contributed by atoms with Crippen molar-refractivity contribution < 1.29 is 13.9 Å². The number of rotatable bonds is 1. The first-order chi connectivity index (χ1) is 6.74. The second kappa shape index (κ2) is 3.14. The van der Waals surface area contributed by atoms with Crippen LogP contribution in [0.15, 0.2) is 33.5 Å². The van der Waals surface area contributed by atoms with Gasteiger partial charge >= 0.3 is 5.63 Å². The van der Waals surface area contributed by atoms with Gasteiger partial charge in [0.25, 0.3) is 0 Å². The summed E-state index contributed by atoms with van der Waals surface area (Å²) in [5.74, 6) is -0.334. The van der Waals surface area contributed by atoms with E-state index < -0.39 is 12.3 Å². The third-order valence-electron chi connectivity index (χ3n) is 2.01. The van der Waals surface area contributed by atoms with Crippen LogP contribution in [0.2, 0.25) is 0 Å². The van der Waals surface area contributed by atoms with Crippen LogP contribution in [0.4, 0.5) is 4.39 Å². The monoisotopic (exact) mass is 194 g/mol. The smallest absolute Gasteiger partial charge is 0.345 e. The highest BCUT2D eigenvalue weighted by molar-refractivity contribution is 5.83. The molecule has 0 unspecified atom stereocenters. The molecule has 1 heterocycles. The highest BCUT2D eigenvalue weighted by atomic mass is 19.1. The Labute approximate surface area is 78.4 Å². The zero-order chi connectivity index (χ0) is 10.1. The third-order valence-corrected chi connectivity index (χ3v) is 2.01. The second-order valence-electron chi connectivity index (χ2n) is 2.85. The number of halogens is 1. The minimum Gasteiger partial charge on any atom is -0.507 e. The molecule has 0 aliphatic rings. The van der Waals surface area contributed by atoms with E-state index in [4.69, 9.17) is 4.42 Å².